The van der Waals surface area contributed by atoms with E-state index in [0.29, 0.717) is 23.7 Å². The van der Waals surface area contributed by atoms with Crippen LogP contribution in [-0.2, 0) is 4.79 Å². The summed E-state index contributed by atoms with van der Waals surface area (Å²) in [6.07, 6.45) is 1.18. The van der Waals surface area contributed by atoms with Crippen LogP contribution in [0.15, 0.2) is 18.2 Å². The maximum absolute atomic E-state index is 11.3. The van der Waals surface area contributed by atoms with Crippen LogP contribution in [0.4, 0.5) is 0 Å². The number of methoxy groups -OCH3 is 2. The molecule has 0 bridgehead atoms. The molecule has 0 atom stereocenters. The molecule has 0 fully saturated rings. The predicted molar refractivity (Wildman–Crippen MR) is 60.1 cm³/mol. The van der Waals surface area contributed by atoms with E-state index in [1.807, 2.05) is 6.92 Å². The Bertz CT molecular complexity index is 360. The molecule has 0 N–H and O–H groups in total. The molecule has 4 nitrogen and oxygen atoms in total. The molecule has 0 aliphatic heterocycles. The van der Waals surface area contributed by atoms with Crippen LogP contribution in [0.2, 0.25) is 0 Å². The van der Waals surface area contributed by atoms with E-state index < -0.39 is 0 Å². The highest BCUT2D eigenvalue weighted by molar-refractivity contribution is 5.72. The van der Waals surface area contributed by atoms with Gasteiger partial charge in [-0.2, -0.15) is 0 Å². The number of carbonyl (C=O) groups excluding carboxylic acids is 1. The monoisotopic (exact) mass is 224 g/mol. The Morgan fingerprint density at radius 3 is 2.44 bits per heavy atom. The van der Waals surface area contributed by atoms with Gasteiger partial charge in [0, 0.05) is 12.5 Å². The molecule has 0 aliphatic carbocycles. The van der Waals surface area contributed by atoms with Crippen LogP contribution in [0.25, 0.3) is 0 Å². The van der Waals surface area contributed by atoms with Crippen LogP contribution in [0.3, 0.4) is 0 Å². The topological polar surface area (TPSA) is 44.8 Å². The lowest BCUT2D eigenvalue weighted by atomic mass is 10.3. The molecular formula is C12H16O4. The van der Waals surface area contributed by atoms with Gasteiger partial charge in [-0.15, -0.1) is 0 Å². The molecule has 4 heteroatoms. The molecule has 0 saturated heterocycles. The largest absolute Gasteiger partial charge is 0.493 e. The molecule has 0 saturated carbocycles. The Balaban J connectivity index is 2.78. The summed E-state index contributed by atoms with van der Waals surface area (Å²) in [5.74, 6) is 1.38. The minimum absolute atomic E-state index is 0.241. The Hall–Kier alpha value is -1.71. The first-order valence-corrected chi connectivity index (χ1v) is 5.14. The van der Waals surface area contributed by atoms with Crippen LogP contribution in [-0.4, -0.2) is 20.2 Å². The average Bonchev–Trinajstić information content (AvgIpc) is 2.29. The van der Waals surface area contributed by atoms with Crippen LogP contribution >= 0.6 is 0 Å². The third-order valence-electron chi connectivity index (χ3n) is 2.04. The number of esters is 1. The Labute approximate surface area is 95.1 Å². The number of hydrogen-bond acceptors (Lipinski definition) is 4. The van der Waals surface area contributed by atoms with E-state index in [1.165, 1.54) is 7.11 Å². The van der Waals surface area contributed by atoms with E-state index in [2.05, 4.69) is 0 Å². The van der Waals surface area contributed by atoms with Gasteiger partial charge in [0.2, 0.25) is 0 Å². The summed E-state index contributed by atoms with van der Waals surface area (Å²) in [6.45, 7) is 1.93. The number of rotatable bonds is 5. The van der Waals surface area contributed by atoms with Gasteiger partial charge in [-0.05, 0) is 18.6 Å². The lowest BCUT2D eigenvalue weighted by Crippen LogP contribution is -2.06. The minimum atomic E-state index is -0.241. The molecule has 0 heterocycles. The Morgan fingerprint density at radius 2 is 1.88 bits per heavy atom. The average molecular weight is 224 g/mol. The van der Waals surface area contributed by atoms with Gasteiger partial charge in [0.1, 0.15) is 5.75 Å². The second kappa shape index (κ2) is 6.00. The minimum Gasteiger partial charge on any atom is -0.493 e. The fourth-order valence-corrected chi connectivity index (χ4v) is 1.27. The van der Waals surface area contributed by atoms with Gasteiger partial charge in [-0.1, -0.05) is 6.92 Å². The van der Waals surface area contributed by atoms with Gasteiger partial charge < -0.3 is 14.2 Å². The van der Waals surface area contributed by atoms with Crippen molar-refractivity contribution in [2.75, 3.05) is 14.2 Å². The summed E-state index contributed by atoms with van der Waals surface area (Å²) in [6, 6.07) is 5.01. The molecule has 0 spiro atoms. The zero-order chi connectivity index (χ0) is 12.0. The third-order valence-corrected chi connectivity index (χ3v) is 2.04. The molecule has 0 aliphatic rings. The first kappa shape index (κ1) is 12.4. The molecule has 0 radical (unpaired) electrons. The molecule has 88 valence electrons. The van der Waals surface area contributed by atoms with Crippen molar-refractivity contribution in [1.29, 1.82) is 0 Å². The number of carbonyl (C=O) groups is 1. The van der Waals surface area contributed by atoms with Gasteiger partial charge in [0.05, 0.1) is 14.2 Å². The fourth-order valence-electron chi connectivity index (χ4n) is 1.27. The number of ether oxygens (including phenoxy) is 3. The summed E-state index contributed by atoms with van der Waals surface area (Å²) in [5, 5.41) is 0. The number of benzene rings is 1. The van der Waals surface area contributed by atoms with Crippen molar-refractivity contribution in [2.45, 2.75) is 19.8 Å². The van der Waals surface area contributed by atoms with Crippen LogP contribution in [0.1, 0.15) is 19.8 Å². The van der Waals surface area contributed by atoms with E-state index in [9.17, 15) is 4.79 Å². The van der Waals surface area contributed by atoms with E-state index in [4.69, 9.17) is 14.2 Å². The molecule has 0 aromatic heterocycles. The summed E-state index contributed by atoms with van der Waals surface area (Å²) in [5.41, 5.74) is 0. The first-order chi connectivity index (χ1) is 7.71. The summed E-state index contributed by atoms with van der Waals surface area (Å²) < 4.78 is 15.3. The SMILES string of the molecule is CCCC(=O)Oc1ccc(OC)c(OC)c1. The molecular weight excluding hydrogens is 208 g/mol. The second-order valence-corrected chi connectivity index (χ2v) is 3.24. The van der Waals surface area contributed by atoms with Gasteiger partial charge in [0.25, 0.3) is 0 Å². The van der Waals surface area contributed by atoms with Crippen molar-refractivity contribution in [3.8, 4) is 17.2 Å². The summed E-state index contributed by atoms with van der Waals surface area (Å²) in [4.78, 5) is 11.3. The lowest BCUT2D eigenvalue weighted by molar-refractivity contribution is -0.134. The maximum Gasteiger partial charge on any atom is 0.311 e. The van der Waals surface area contributed by atoms with Gasteiger partial charge in [0.15, 0.2) is 11.5 Å². The first-order valence-electron chi connectivity index (χ1n) is 5.14. The van der Waals surface area contributed by atoms with Crippen LogP contribution in [0, 0.1) is 0 Å². The van der Waals surface area contributed by atoms with Crippen LogP contribution in [0.5, 0.6) is 17.2 Å². The normalized spacial score (nSPS) is 9.69. The van der Waals surface area contributed by atoms with Crippen molar-refractivity contribution in [2.24, 2.45) is 0 Å². The van der Waals surface area contributed by atoms with Crippen molar-refractivity contribution >= 4 is 5.97 Å². The smallest absolute Gasteiger partial charge is 0.311 e. The molecule has 1 rings (SSSR count). The molecule has 1 aromatic rings. The van der Waals surface area contributed by atoms with E-state index in [-0.39, 0.29) is 5.97 Å². The third kappa shape index (κ3) is 3.15. The van der Waals surface area contributed by atoms with Crippen molar-refractivity contribution in [3.05, 3.63) is 18.2 Å². The Kier molecular flexibility index (Phi) is 4.64. The van der Waals surface area contributed by atoms with E-state index >= 15 is 0 Å². The fraction of sp³-hybridized carbons (Fsp3) is 0.417. The zero-order valence-electron chi connectivity index (χ0n) is 9.78. The van der Waals surface area contributed by atoms with E-state index in [0.717, 1.165) is 6.42 Å². The molecule has 0 amide bonds. The van der Waals surface area contributed by atoms with Crippen molar-refractivity contribution in [3.63, 3.8) is 0 Å². The lowest BCUT2D eigenvalue weighted by Gasteiger charge is -2.09. The zero-order valence-corrected chi connectivity index (χ0v) is 9.78. The summed E-state index contributed by atoms with van der Waals surface area (Å²) >= 11 is 0. The second-order valence-electron chi connectivity index (χ2n) is 3.24. The predicted octanol–water partition coefficient (Wildman–Crippen LogP) is 2.41. The maximum atomic E-state index is 11.3. The highest BCUT2D eigenvalue weighted by Crippen LogP contribution is 2.30. The molecule has 1 aromatic carbocycles. The standard InChI is InChI=1S/C12H16O4/c1-4-5-12(13)16-9-6-7-10(14-2)11(8-9)15-3/h6-8H,4-5H2,1-3H3. The van der Waals surface area contributed by atoms with Crippen molar-refractivity contribution < 1.29 is 19.0 Å². The molecule has 0 unspecified atom stereocenters. The summed E-state index contributed by atoms with van der Waals surface area (Å²) in [7, 11) is 3.09. The molecule has 16 heavy (non-hydrogen) atoms. The van der Waals surface area contributed by atoms with Crippen LogP contribution < -0.4 is 14.2 Å². The quantitative estimate of drug-likeness (QED) is 0.569. The van der Waals surface area contributed by atoms with E-state index in [1.54, 1.807) is 25.3 Å². The number of hydrogen-bond donors (Lipinski definition) is 0. The van der Waals surface area contributed by atoms with Gasteiger partial charge in [-0.25, -0.2) is 0 Å². The van der Waals surface area contributed by atoms with Gasteiger partial charge in [-0.3, -0.25) is 4.79 Å². The highest BCUT2D eigenvalue weighted by atomic mass is 16.5. The Morgan fingerprint density at radius 1 is 1.19 bits per heavy atom. The van der Waals surface area contributed by atoms with Crippen molar-refractivity contribution in [1.82, 2.24) is 0 Å². The highest BCUT2D eigenvalue weighted by Gasteiger charge is 2.08. The van der Waals surface area contributed by atoms with Gasteiger partial charge >= 0.3 is 5.97 Å².